The van der Waals surface area contributed by atoms with E-state index in [1.807, 2.05) is 19.1 Å². The van der Waals surface area contributed by atoms with E-state index in [2.05, 4.69) is 25.2 Å². The smallest absolute Gasteiger partial charge is 0.122 e. The molecule has 1 aromatic rings. The summed E-state index contributed by atoms with van der Waals surface area (Å²) in [4.78, 5) is 0. The first-order valence-corrected chi connectivity index (χ1v) is 6.21. The van der Waals surface area contributed by atoms with Crippen molar-refractivity contribution in [3.05, 3.63) is 29.3 Å². The van der Waals surface area contributed by atoms with Crippen molar-refractivity contribution in [1.29, 1.82) is 0 Å². The Bertz CT molecular complexity index is 399. The quantitative estimate of drug-likeness (QED) is 0.836. The van der Waals surface area contributed by atoms with Crippen LogP contribution in [0.5, 0.6) is 5.75 Å². The fourth-order valence-corrected chi connectivity index (χ4v) is 2.03. The first-order chi connectivity index (χ1) is 7.99. The van der Waals surface area contributed by atoms with Gasteiger partial charge < -0.3 is 15.2 Å². The summed E-state index contributed by atoms with van der Waals surface area (Å²) in [5, 5.41) is 13.7. The van der Waals surface area contributed by atoms with Crippen LogP contribution in [0, 0.1) is 0 Å². The summed E-state index contributed by atoms with van der Waals surface area (Å²) in [7, 11) is 0. The summed E-state index contributed by atoms with van der Waals surface area (Å²) in [6.45, 7) is 7.31. The van der Waals surface area contributed by atoms with Gasteiger partial charge in [-0.1, -0.05) is 19.9 Å². The highest BCUT2D eigenvalue weighted by Crippen LogP contribution is 2.30. The Morgan fingerprint density at radius 3 is 2.94 bits per heavy atom. The Labute approximate surface area is 103 Å². The van der Waals surface area contributed by atoms with Gasteiger partial charge in [-0.05, 0) is 30.2 Å². The van der Waals surface area contributed by atoms with Gasteiger partial charge in [-0.2, -0.15) is 0 Å². The van der Waals surface area contributed by atoms with Crippen LogP contribution < -0.4 is 10.1 Å². The lowest BCUT2D eigenvalue weighted by Gasteiger charge is -2.26. The second-order valence-electron chi connectivity index (χ2n) is 5.23. The van der Waals surface area contributed by atoms with Crippen LogP contribution in [-0.2, 0) is 12.0 Å². The van der Waals surface area contributed by atoms with Crippen molar-refractivity contribution in [3.63, 3.8) is 0 Å². The van der Waals surface area contributed by atoms with Gasteiger partial charge in [-0.15, -0.1) is 0 Å². The number of nitrogens with one attached hydrogen (secondary N) is 1. The average Bonchev–Trinajstić information content (AvgIpc) is 2.73. The zero-order valence-corrected chi connectivity index (χ0v) is 10.8. The number of rotatable bonds is 4. The van der Waals surface area contributed by atoms with Crippen LogP contribution in [0.2, 0.25) is 0 Å². The molecule has 0 aliphatic carbocycles. The Morgan fingerprint density at radius 2 is 2.24 bits per heavy atom. The molecule has 0 fully saturated rings. The van der Waals surface area contributed by atoms with E-state index in [9.17, 15) is 5.11 Å². The minimum absolute atomic E-state index is 0.374. The number of benzene rings is 1. The van der Waals surface area contributed by atoms with Crippen molar-refractivity contribution in [2.24, 2.45) is 0 Å². The molecule has 2 rings (SSSR count). The molecule has 1 atom stereocenters. The minimum Gasteiger partial charge on any atom is -0.493 e. The predicted octanol–water partition coefficient (Wildman–Crippen LogP) is 1.83. The van der Waals surface area contributed by atoms with Crippen molar-refractivity contribution in [1.82, 2.24) is 5.32 Å². The van der Waals surface area contributed by atoms with E-state index in [1.165, 1.54) is 5.56 Å². The van der Waals surface area contributed by atoms with Gasteiger partial charge in [0.1, 0.15) is 5.75 Å². The Balaban J connectivity index is 2.15. The van der Waals surface area contributed by atoms with Gasteiger partial charge in [-0.3, -0.25) is 0 Å². The molecule has 1 aromatic carbocycles. The molecule has 94 valence electrons. The van der Waals surface area contributed by atoms with E-state index in [-0.39, 0.29) is 0 Å². The Kier molecular flexibility index (Phi) is 3.40. The lowest BCUT2D eigenvalue weighted by atomic mass is 9.93. The maximum atomic E-state index is 10.5. The molecule has 3 heteroatoms. The maximum absolute atomic E-state index is 10.5. The molecule has 0 radical (unpaired) electrons. The summed E-state index contributed by atoms with van der Waals surface area (Å²) >= 11 is 0. The molecule has 2 N–H and O–H groups in total. The van der Waals surface area contributed by atoms with Crippen LogP contribution in [0.1, 0.15) is 31.9 Å². The van der Waals surface area contributed by atoms with E-state index in [1.54, 1.807) is 0 Å². The molecule has 1 unspecified atom stereocenters. The average molecular weight is 235 g/mol. The third-order valence-electron chi connectivity index (χ3n) is 3.17. The molecule has 1 aliphatic rings. The van der Waals surface area contributed by atoms with E-state index in [0.717, 1.165) is 24.3 Å². The normalized spacial score (nSPS) is 17.7. The van der Waals surface area contributed by atoms with Gasteiger partial charge in [0.15, 0.2) is 0 Å². The predicted molar refractivity (Wildman–Crippen MR) is 68.4 cm³/mol. The first kappa shape index (κ1) is 12.4. The largest absolute Gasteiger partial charge is 0.493 e. The minimum atomic E-state index is -0.831. The highest BCUT2D eigenvalue weighted by atomic mass is 16.5. The summed E-state index contributed by atoms with van der Waals surface area (Å²) in [5.41, 5.74) is 1.32. The summed E-state index contributed by atoms with van der Waals surface area (Å²) in [6, 6.07) is 6.34. The molecule has 1 aliphatic heterocycles. The molecule has 1 heterocycles. The van der Waals surface area contributed by atoms with Crippen molar-refractivity contribution in [2.45, 2.75) is 38.8 Å². The second kappa shape index (κ2) is 4.67. The van der Waals surface area contributed by atoms with Crippen LogP contribution in [0.25, 0.3) is 0 Å². The van der Waals surface area contributed by atoms with Gasteiger partial charge in [0.2, 0.25) is 0 Å². The molecule has 17 heavy (non-hydrogen) atoms. The molecule has 3 nitrogen and oxygen atoms in total. The molecule has 0 aromatic heterocycles. The number of hydrogen-bond acceptors (Lipinski definition) is 3. The molecule has 0 bridgehead atoms. The van der Waals surface area contributed by atoms with Crippen molar-refractivity contribution in [2.75, 3.05) is 13.2 Å². The van der Waals surface area contributed by atoms with Gasteiger partial charge in [0.05, 0.1) is 12.2 Å². The SMILES string of the molecule is CC(C)NCC(C)(O)c1ccc2c(c1)CCO2. The molecule has 0 saturated carbocycles. The zero-order chi connectivity index (χ0) is 12.5. The lowest BCUT2D eigenvalue weighted by molar-refractivity contribution is 0.0549. The molecule has 0 spiro atoms. The van der Waals surface area contributed by atoms with Crippen molar-refractivity contribution < 1.29 is 9.84 Å². The molecular weight excluding hydrogens is 214 g/mol. The zero-order valence-electron chi connectivity index (χ0n) is 10.8. The summed E-state index contributed by atoms with van der Waals surface area (Å²) in [5.74, 6) is 0.960. The van der Waals surface area contributed by atoms with Crippen LogP contribution in [0.3, 0.4) is 0 Å². The van der Waals surface area contributed by atoms with Crippen molar-refractivity contribution >= 4 is 0 Å². The monoisotopic (exact) mass is 235 g/mol. The summed E-state index contributed by atoms with van der Waals surface area (Å²) < 4.78 is 5.47. The van der Waals surface area contributed by atoms with Crippen molar-refractivity contribution in [3.8, 4) is 5.75 Å². The Morgan fingerprint density at radius 1 is 1.47 bits per heavy atom. The fraction of sp³-hybridized carbons (Fsp3) is 0.571. The molecule has 0 saturated heterocycles. The van der Waals surface area contributed by atoms with E-state index >= 15 is 0 Å². The standard InChI is InChI=1S/C14H21NO2/c1-10(2)15-9-14(3,16)12-4-5-13-11(8-12)6-7-17-13/h4-5,8,10,15-16H,6-7,9H2,1-3H3. The Hall–Kier alpha value is -1.06. The summed E-state index contributed by atoms with van der Waals surface area (Å²) in [6.07, 6.45) is 0.941. The fourth-order valence-electron chi connectivity index (χ4n) is 2.03. The van der Waals surface area contributed by atoms with Gasteiger partial charge in [-0.25, -0.2) is 0 Å². The highest BCUT2D eigenvalue weighted by molar-refractivity contribution is 5.41. The third kappa shape index (κ3) is 2.79. The number of hydrogen-bond donors (Lipinski definition) is 2. The van der Waals surface area contributed by atoms with Crippen LogP contribution in [0.4, 0.5) is 0 Å². The van der Waals surface area contributed by atoms with E-state index in [4.69, 9.17) is 4.74 Å². The highest BCUT2D eigenvalue weighted by Gasteiger charge is 2.25. The topological polar surface area (TPSA) is 41.5 Å². The van der Waals surface area contributed by atoms with Crippen LogP contribution in [-0.4, -0.2) is 24.3 Å². The second-order valence-corrected chi connectivity index (χ2v) is 5.23. The molecule has 0 amide bonds. The number of aliphatic hydroxyl groups is 1. The number of fused-ring (bicyclic) bond motifs is 1. The third-order valence-corrected chi connectivity index (χ3v) is 3.17. The van der Waals surface area contributed by atoms with E-state index < -0.39 is 5.60 Å². The maximum Gasteiger partial charge on any atom is 0.122 e. The van der Waals surface area contributed by atoms with E-state index in [0.29, 0.717) is 12.6 Å². The van der Waals surface area contributed by atoms with Crippen LogP contribution >= 0.6 is 0 Å². The number of ether oxygens (including phenoxy) is 1. The van der Waals surface area contributed by atoms with Gasteiger partial charge in [0.25, 0.3) is 0 Å². The van der Waals surface area contributed by atoms with Gasteiger partial charge >= 0.3 is 0 Å². The molecular formula is C14H21NO2. The van der Waals surface area contributed by atoms with Crippen LogP contribution in [0.15, 0.2) is 18.2 Å². The lowest BCUT2D eigenvalue weighted by Crippen LogP contribution is -2.38. The first-order valence-electron chi connectivity index (χ1n) is 6.21. The van der Waals surface area contributed by atoms with Gasteiger partial charge in [0, 0.05) is 19.0 Å².